The Labute approximate surface area is 147 Å². The number of phosphoric ester groups is 1. The molecule has 0 bridgehead atoms. The second-order valence-electron chi connectivity index (χ2n) is 2.92. The summed E-state index contributed by atoms with van der Waals surface area (Å²) in [6.07, 6.45) is -8.04. The van der Waals surface area contributed by atoms with Gasteiger partial charge in [-0.1, -0.05) is 0 Å². The molecule has 4 atom stereocenters. The van der Waals surface area contributed by atoms with Gasteiger partial charge < -0.3 is 44.1 Å². The SMILES string of the molecule is O=C[C@H](O)[C@@H](O)[C@H](O)[C@@H](O)COP(=O)([O-])[O-].[Na+].[Na+]. The van der Waals surface area contributed by atoms with E-state index in [4.69, 9.17) is 20.4 Å². The van der Waals surface area contributed by atoms with Gasteiger partial charge in [-0.25, -0.2) is 0 Å². The molecule has 0 rings (SSSR count). The first kappa shape index (κ1) is 24.6. The molecule has 0 radical (unpaired) electrons. The zero-order valence-corrected chi connectivity index (χ0v) is 14.8. The molecule has 0 saturated heterocycles. The minimum absolute atomic E-state index is 0. The summed E-state index contributed by atoms with van der Waals surface area (Å²) in [5, 5.41) is 35.9. The molecule has 0 unspecified atom stereocenters. The Morgan fingerprint density at radius 2 is 1.56 bits per heavy atom. The molecule has 0 heterocycles. The summed E-state index contributed by atoms with van der Waals surface area (Å²) in [5.74, 6) is 0. The predicted octanol–water partition coefficient (Wildman–Crippen LogP) is -10.5. The fourth-order valence-corrected chi connectivity index (χ4v) is 1.11. The van der Waals surface area contributed by atoms with Crippen LogP contribution in [-0.2, 0) is 13.9 Å². The van der Waals surface area contributed by atoms with E-state index in [9.17, 15) is 19.1 Å². The van der Waals surface area contributed by atoms with Gasteiger partial charge in [0.05, 0.1) is 14.4 Å². The summed E-state index contributed by atoms with van der Waals surface area (Å²) < 4.78 is 13.6. The van der Waals surface area contributed by atoms with Gasteiger partial charge in [-0.05, 0) is 0 Å². The van der Waals surface area contributed by atoms with E-state index in [0.717, 1.165) is 0 Å². The largest absolute Gasteiger partial charge is 1.00 e. The molecule has 0 saturated carbocycles. The molecule has 0 aromatic rings. The summed E-state index contributed by atoms with van der Waals surface area (Å²) in [7, 11) is -5.30. The van der Waals surface area contributed by atoms with E-state index >= 15 is 0 Å². The van der Waals surface area contributed by atoms with Crippen LogP contribution in [-0.4, -0.2) is 57.7 Å². The monoisotopic (exact) mass is 304 g/mol. The zero-order chi connectivity index (χ0) is 12.9. The van der Waals surface area contributed by atoms with Crippen LogP contribution >= 0.6 is 7.82 Å². The van der Waals surface area contributed by atoms with Crippen LogP contribution in [0.5, 0.6) is 0 Å². The van der Waals surface area contributed by atoms with E-state index in [1.807, 2.05) is 0 Å². The topological polar surface area (TPSA) is 170 Å². The third-order valence-electron chi connectivity index (χ3n) is 1.64. The molecule has 18 heavy (non-hydrogen) atoms. The van der Waals surface area contributed by atoms with E-state index in [-0.39, 0.29) is 65.4 Å². The Balaban J connectivity index is -0.00000112. The molecule has 0 aromatic carbocycles. The minimum Gasteiger partial charge on any atom is -0.790 e. The molecule has 0 aliphatic heterocycles. The first-order chi connectivity index (χ1) is 7.19. The maximum atomic E-state index is 10.0. The van der Waals surface area contributed by atoms with E-state index in [2.05, 4.69) is 4.52 Å². The van der Waals surface area contributed by atoms with Crippen molar-refractivity contribution in [1.82, 2.24) is 0 Å². The van der Waals surface area contributed by atoms with Gasteiger partial charge in [0.1, 0.15) is 24.4 Å². The van der Waals surface area contributed by atoms with Crippen molar-refractivity contribution in [1.29, 1.82) is 0 Å². The number of hydrogen-bond acceptors (Lipinski definition) is 9. The fraction of sp³-hybridized carbons (Fsp3) is 0.833. The van der Waals surface area contributed by atoms with Crippen molar-refractivity contribution in [3.05, 3.63) is 0 Å². The molecule has 0 aliphatic rings. The number of carbonyl (C=O) groups is 1. The average Bonchev–Trinajstić information content (AvgIpc) is 2.21. The van der Waals surface area contributed by atoms with Gasteiger partial charge in [0, 0.05) is 0 Å². The molecule has 9 nitrogen and oxygen atoms in total. The molecule has 0 fully saturated rings. The van der Waals surface area contributed by atoms with E-state index < -0.39 is 38.8 Å². The van der Waals surface area contributed by atoms with E-state index in [1.54, 1.807) is 0 Å². The van der Waals surface area contributed by atoms with Crippen LogP contribution in [0.15, 0.2) is 0 Å². The molecule has 0 amide bonds. The van der Waals surface area contributed by atoms with E-state index in [1.165, 1.54) is 0 Å². The van der Waals surface area contributed by atoms with Gasteiger partial charge in [0.2, 0.25) is 0 Å². The van der Waals surface area contributed by atoms with Crippen molar-refractivity contribution in [2.75, 3.05) is 6.61 Å². The van der Waals surface area contributed by atoms with Crippen LogP contribution in [0.1, 0.15) is 0 Å². The normalized spacial score (nSPS) is 17.7. The quantitative estimate of drug-likeness (QED) is 0.202. The van der Waals surface area contributed by atoms with Crippen LogP contribution in [0, 0.1) is 0 Å². The second-order valence-corrected chi connectivity index (χ2v) is 4.07. The molecule has 96 valence electrons. The average molecular weight is 304 g/mol. The Morgan fingerprint density at radius 1 is 1.11 bits per heavy atom. The predicted molar refractivity (Wildman–Crippen MR) is 43.6 cm³/mol. The third kappa shape index (κ3) is 10.4. The Hall–Kier alpha value is 1.62. The Kier molecular flexibility index (Phi) is 15.5. The van der Waals surface area contributed by atoms with Crippen molar-refractivity contribution in [2.45, 2.75) is 24.4 Å². The number of aliphatic hydroxyl groups is 4. The Bertz CT molecular complexity index is 272. The van der Waals surface area contributed by atoms with Crippen molar-refractivity contribution >= 4 is 14.1 Å². The molecule has 0 aromatic heterocycles. The van der Waals surface area contributed by atoms with Crippen molar-refractivity contribution in [3.8, 4) is 0 Å². The molecular weight excluding hydrogens is 293 g/mol. The van der Waals surface area contributed by atoms with E-state index in [0.29, 0.717) is 0 Å². The van der Waals surface area contributed by atoms with Crippen molar-refractivity contribution in [3.63, 3.8) is 0 Å². The Morgan fingerprint density at radius 3 is 1.89 bits per heavy atom. The van der Waals surface area contributed by atoms with Crippen LogP contribution in [0.2, 0.25) is 0 Å². The molecule has 12 heteroatoms. The summed E-state index contributed by atoms with van der Waals surface area (Å²) in [6, 6.07) is 0. The third-order valence-corrected chi connectivity index (χ3v) is 2.10. The summed E-state index contributed by atoms with van der Waals surface area (Å²) >= 11 is 0. The summed E-state index contributed by atoms with van der Waals surface area (Å²) in [4.78, 5) is 30.0. The number of aldehydes is 1. The maximum absolute atomic E-state index is 10.0. The first-order valence-electron chi connectivity index (χ1n) is 4.03. The molecule has 4 N–H and O–H groups in total. The minimum atomic E-state index is -5.30. The van der Waals surface area contributed by atoms with Crippen LogP contribution in [0.25, 0.3) is 0 Å². The first-order valence-corrected chi connectivity index (χ1v) is 5.49. The second kappa shape index (κ2) is 11.3. The van der Waals surface area contributed by atoms with Gasteiger partial charge >= 0.3 is 59.1 Å². The van der Waals surface area contributed by atoms with Crippen LogP contribution < -0.4 is 68.9 Å². The number of carbonyl (C=O) groups excluding carboxylic acids is 1. The van der Waals surface area contributed by atoms with Gasteiger partial charge in [-0.15, -0.1) is 0 Å². The molecule has 0 aliphatic carbocycles. The molecular formula is C6H11Na2O9P. The number of phosphoric acid groups is 1. The van der Waals surface area contributed by atoms with Gasteiger partial charge in [0.25, 0.3) is 0 Å². The van der Waals surface area contributed by atoms with Gasteiger partial charge in [-0.3, -0.25) is 0 Å². The summed E-state index contributed by atoms with van der Waals surface area (Å²) in [6.45, 7) is -1.09. The van der Waals surface area contributed by atoms with Crippen LogP contribution in [0.4, 0.5) is 0 Å². The maximum Gasteiger partial charge on any atom is 1.00 e. The fourth-order valence-electron chi connectivity index (χ4n) is 0.776. The van der Waals surface area contributed by atoms with Gasteiger partial charge in [0.15, 0.2) is 6.29 Å². The van der Waals surface area contributed by atoms with Crippen molar-refractivity contribution < 1.29 is 103 Å². The number of hydrogen-bond donors (Lipinski definition) is 4. The zero-order valence-electron chi connectivity index (χ0n) is 9.87. The standard InChI is InChI=1S/C6H13O9P.2Na/c7-1-3(8)5(10)6(11)4(9)2-15-16(12,13)14;;/h1,3-6,8-11H,2H2,(H2,12,13,14);;/q;2*+1/p-2/t3-,4-,5+,6+;;/m0../s1. The van der Waals surface area contributed by atoms with Crippen molar-refractivity contribution in [2.24, 2.45) is 0 Å². The smallest absolute Gasteiger partial charge is 0.790 e. The number of aliphatic hydroxyl groups excluding tert-OH is 4. The molecule has 0 spiro atoms. The summed E-state index contributed by atoms with van der Waals surface area (Å²) in [5.41, 5.74) is 0. The number of rotatable bonds is 7. The van der Waals surface area contributed by atoms with Crippen LogP contribution in [0.3, 0.4) is 0 Å². The van der Waals surface area contributed by atoms with Gasteiger partial charge in [-0.2, -0.15) is 0 Å².